The van der Waals surface area contributed by atoms with Crippen LogP contribution < -0.4 is 0 Å². The Morgan fingerprint density at radius 2 is 2.06 bits per heavy atom. The molecule has 3 unspecified atom stereocenters. The molecule has 1 rings (SSSR count). The number of nitrogens with zero attached hydrogens (tertiary/aromatic N) is 1. The van der Waals surface area contributed by atoms with E-state index in [-0.39, 0.29) is 23.9 Å². The van der Waals surface area contributed by atoms with Crippen LogP contribution in [0.4, 0.5) is 0 Å². The number of hydrogen-bond donors (Lipinski definition) is 1. The molecule has 0 aliphatic carbocycles. The first-order valence-corrected chi connectivity index (χ1v) is 6.99. The lowest BCUT2D eigenvalue weighted by atomic mass is 9.97. The number of aliphatic hydroxyl groups is 1. The lowest BCUT2D eigenvalue weighted by molar-refractivity contribution is -0.147. The maximum atomic E-state index is 10.2. The van der Waals surface area contributed by atoms with E-state index in [0.717, 1.165) is 32.4 Å². The van der Waals surface area contributed by atoms with Gasteiger partial charge in [-0.1, -0.05) is 20.3 Å². The van der Waals surface area contributed by atoms with E-state index in [1.807, 2.05) is 0 Å². The summed E-state index contributed by atoms with van der Waals surface area (Å²) in [5.41, 5.74) is -0.100. The smallest absolute Gasteiger partial charge is 0.0757 e. The Morgan fingerprint density at radius 1 is 1.41 bits per heavy atom. The van der Waals surface area contributed by atoms with Gasteiger partial charge in [-0.05, 0) is 33.6 Å². The van der Waals surface area contributed by atoms with E-state index in [1.54, 1.807) is 0 Å². The van der Waals surface area contributed by atoms with Gasteiger partial charge in [0.2, 0.25) is 0 Å². The van der Waals surface area contributed by atoms with Crippen molar-refractivity contribution in [1.29, 1.82) is 0 Å². The van der Waals surface area contributed by atoms with Gasteiger partial charge in [0.1, 0.15) is 0 Å². The highest BCUT2D eigenvalue weighted by Crippen LogP contribution is 2.25. The lowest BCUT2D eigenvalue weighted by Gasteiger charge is -2.46. The largest absolute Gasteiger partial charge is 0.391 e. The fourth-order valence-electron chi connectivity index (χ4n) is 3.02. The van der Waals surface area contributed by atoms with Crippen LogP contribution in [0.15, 0.2) is 0 Å². The number of aliphatic hydroxyl groups excluding tert-OH is 1. The van der Waals surface area contributed by atoms with Crippen LogP contribution in [0.25, 0.3) is 0 Å². The van der Waals surface area contributed by atoms with Gasteiger partial charge in [0.15, 0.2) is 0 Å². The second kappa shape index (κ2) is 6.17. The molecule has 0 saturated carbocycles. The molecule has 1 aliphatic rings. The molecule has 1 aliphatic heterocycles. The van der Waals surface area contributed by atoms with E-state index in [2.05, 4.69) is 39.5 Å². The second-order valence-electron chi connectivity index (χ2n) is 5.95. The number of morpholine rings is 1. The van der Waals surface area contributed by atoms with Crippen molar-refractivity contribution in [2.45, 2.75) is 77.7 Å². The minimum atomic E-state index is -0.203. The molecule has 0 aromatic carbocycles. The van der Waals surface area contributed by atoms with Crippen molar-refractivity contribution >= 4 is 0 Å². The average molecular weight is 243 g/mol. The Hall–Kier alpha value is -0.120. The molecule has 1 fully saturated rings. The van der Waals surface area contributed by atoms with E-state index in [9.17, 15) is 5.11 Å². The summed E-state index contributed by atoms with van der Waals surface area (Å²) in [6.07, 6.45) is 2.99. The van der Waals surface area contributed by atoms with Gasteiger partial charge in [-0.15, -0.1) is 0 Å². The summed E-state index contributed by atoms with van der Waals surface area (Å²) in [5, 5.41) is 10.2. The predicted molar refractivity (Wildman–Crippen MR) is 71.2 cm³/mol. The van der Waals surface area contributed by atoms with Gasteiger partial charge in [0.05, 0.1) is 17.8 Å². The molecule has 0 radical (unpaired) electrons. The molecule has 1 heterocycles. The molecular weight excluding hydrogens is 214 g/mol. The topological polar surface area (TPSA) is 32.7 Å². The molecule has 3 atom stereocenters. The minimum absolute atomic E-state index is 0.100. The van der Waals surface area contributed by atoms with Crippen molar-refractivity contribution in [3.63, 3.8) is 0 Å². The highest BCUT2D eigenvalue weighted by molar-refractivity contribution is 4.88. The molecule has 17 heavy (non-hydrogen) atoms. The SMILES string of the molecule is CCCC(O)C(CC)N1CC(C)OC(C)(C)C1. The minimum Gasteiger partial charge on any atom is -0.391 e. The zero-order valence-corrected chi connectivity index (χ0v) is 12.1. The van der Waals surface area contributed by atoms with Gasteiger partial charge in [-0.2, -0.15) is 0 Å². The van der Waals surface area contributed by atoms with E-state index in [0.29, 0.717) is 0 Å². The first-order chi connectivity index (χ1) is 7.89. The van der Waals surface area contributed by atoms with E-state index < -0.39 is 0 Å². The quantitative estimate of drug-likeness (QED) is 0.805. The third-order valence-electron chi connectivity index (χ3n) is 3.51. The Labute approximate surface area is 106 Å². The van der Waals surface area contributed by atoms with Crippen molar-refractivity contribution in [3.8, 4) is 0 Å². The van der Waals surface area contributed by atoms with Crippen LogP contribution in [0.1, 0.15) is 53.9 Å². The van der Waals surface area contributed by atoms with Gasteiger partial charge < -0.3 is 9.84 Å². The highest BCUT2D eigenvalue weighted by Gasteiger charge is 2.36. The molecule has 0 spiro atoms. The van der Waals surface area contributed by atoms with Crippen LogP contribution in [0.3, 0.4) is 0 Å². The van der Waals surface area contributed by atoms with Crippen molar-refractivity contribution in [3.05, 3.63) is 0 Å². The first kappa shape index (κ1) is 14.9. The monoisotopic (exact) mass is 243 g/mol. The third kappa shape index (κ3) is 4.23. The number of ether oxygens (including phenoxy) is 1. The van der Waals surface area contributed by atoms with E-state index in [1.165, 1.54) is 0 Å². The Bertz CT molecular complexity index is 230. The van der Waals surface area contributed by atoms with Gasteiger partial charge in [0, 0.05) is 19.1 Å². The van der Waals surface area contributed by atoms with Crippen molar-refractivity contribution in [1.82, 2.24) is 4.90 Å². The molecule has 1 saturated heterocycles. The maximum absolute atomic E-state index is 10.2. The third-order valence-corrected chi connectivity index (χ3v) is 3.51. The van der Waals surface area contributed by atoms with Crippen LogP contribution in [-0.2, 0) is 4.74 Å². The van der Waals surface area contributed by atoms with Gasteiger partial charge in [0.25, 0.3) is 0 Å². The van der Waals surface area contributed by atoms with Crippen LogP contribution in [-0.4, -0.2) is 46.9 Å². The zero-order chi connectivity index (χ0) is 13.1. The lowest BCUT2D eigenvalue weighted by Crippen LogP contribution is -2.57. The normalized spacial score (nSPS) is 28.9. The number of hydrogen-bond acceptors (Lipinski definition) is 3. The molecule has 0 amide bonds. The fraction of sp³-hybridized carbons (Fsp3) is 1.00. The summed E-state index contributed by atoms with van der Waals surface area (Å²) < 4.78 is 5.91. The maximum Gasteiger partial charge on any atom is 0.0757 e. The van der Waals surface area contributed by atoms with Crippen LogP contribution in [0.5, 0.6) is 0 Å². The van der Waals surface area contributed by atoms with E-state index >= 15 is 0 Å². The summed E-state index contributed by atoms with van der Waals surface area (Å²) in [6.45, 7) is 12.5. The molecule has 3 heteroatoms. The van der Waals surface area contributed by atoms with Gasteiger partial charge in [-0.3, -0.25) is 4.90 Å². The summed E-state index contributed by atoms with van der Waals surface area (Å²) in [4.78, 5) is 2.41. The van der Waals surface area contributed by atoms with E-state index in [4.69, 9.17) is 4.74 Å². The molecule has 1 N–H and O–H groups in total. The molecular formula is C14H29NO2. The van der Waals surface area contributed by atoms with Gasteiger partial charge >= 0.3 is 0 Å². The first-order valence-electron chi connectivity index (χ1n) is 6.99. The standard InChI is InChI=1S/C14H29NO2/c1-6-8-13(16)12(7-2)15-9-11(3)17-14(4,5)10-15/h11-13,16H,6-10H2,1-5H3. The van der Waals surface area contributed by atoms with Crippen molar-refractivity contribution in [2.24, 2.45) is 0 Å². The second-order valence-corrected chi connectivity index (χ2v) is 5.95. The van der Waals surface area contributed by atoms with Gasteiger partial charge in [-0.25, -0.2) is 0 Å². The number of rotatable bonds is 5. The van der Waals surface area contributed by atoms with Crippen molar-refractivity contribution in [2.75, 3.05) is 13.1 Å². The van der Waals surface area contributed by atoms with Crippen LogP contribution >= 0.6 is 0 Å². The summed E-state index contributed by atoms with van der Waals surface area (Å²) in [6, 6.07) is 0.278. The van der Waals surface area contributed by atoms with Crippen LogP contribution in [0, 0.1) is 0 Å². The Morgan fingerprint density at radius 3 is 2.53 bits per heavy atom. The average Bonchev–Trinajstić information content (AvgIpc) is 2.15. The summed E-state index contributed by atoms with van der Waals surface area (Å²) in [5.74, 6) is 0. The van der Waals surface area contributed by atoms with Crippen molar-refractivity contribution < 1.29 is 9.84 Å². The molecule has 0 bridgehead atoms. The Kier molecular flexibility index (Phi) is 5.42. The zero-order valence-electron chi connectivity index (χ0n) is 12.1. The summed E-state index contributed by atoms with van der Waals surface area (Å²) >= 11 is 0. The predicted octanol–water partition coefficient (Wildman–Crippen LogP) is 2.43. The summed E-state index contributed by atoms with van der Waals surface area (Å²) in [7, 11) is 0. The fourth-order valence-corrected chi connectivity index (χ4v) is 3.02. The van der Waals surface area contributed by atoms with Crippen LogP contribution in [0.2, 0.25) is 0 Å². The molecule has 0 aromatic heterocycles. The molecule has 3 nitrogen and oxygen atoms in total. The molecule has 102 valence electrons. The molecule has 0 aromatic rings. The highest BCUT2D eigenvalue weighted by atomic mass is 16.5. The Balaban J connectivity index is 2.67.